The molecule has 0 saturated heterocycles. The van der Waals surface area contributed by atoms with Crippen molar-refractivity contribution < 1.29 is 0 Å². The maximum absolute atomic E-state index is 4.44. The van der Waals surface area contributed by atoms with Crippen LogP contribution in [0.25, 0.3) is 6.08 Å². The van der Waals surface area contributed by atoms with E-state index in [1.165, 1.54) is 22.4 Å². The summed E-state index contributed by atoms with van der Waals surface area (Å²) in [7, 11) is 0. The van der Waals surface area contributed by atoms with Gasteiger partial charge in [0.1, 0.15) is 0 Å². The summed E-state index contributed by atoms with van der Waals surface area (Å²) in [4.78, 5) is 4.44. The molecular formula is C12H15N. The molecule has 0 fully saturated rings. The van der Waals surface area contributed by atoms with Gasteiger partial charge in [0, 0.05) is 12.6 Å². The fourth-order valence-electron chi connectivity index (χ4n) is 1.71. The molecule has 0 radical (unpaired) electrons. The van der Waals surface area contributed by atoms with Crippen molar-refractivity contribution in [1.29, 1.82) is 0 Å². The monoisotopic (exact) mass is 173 g/mol. The molecule has 0 spiro atoms. The molecule has 1 aromatic rings. The van der Waals surface area contributed by atoms with Crippen LogP contribution in [0.2, 0.25) is 0 Å². The average Bonchev–Trinajstić information content (AvgIpc) is 2.46. The molecule has 0 aromatic carbocycles. The van der Waals surface area contributed by atoms with Crippen LogP contribution in [0.15, 0.2) is 17.8 Å². The summed E-state index contributed by atoms with van der Waals surface area (Å²) < 4.78 is 0. The Kier molecular flexibility index (Phi) is 1.95. The summed E-state index contributed by atoms with van der Waals surface area (Å²) in [5.41, 5.74) is 5.33. The zero-order valence-electron chi connectivity index (χ0n) is 8.46. The second-order valence-corrected chi connectivity index (χ2v) is 4.10. The summed E-state index contributed by atoms with van der Waals surface area (Å²) in [5, 5.41) is 0. The Morgan fingerprint density at radius 2 is 2.15 bits per heavy atom. The Hall–Kier alpha value is -1.11. The molecule has 68 valence electrons. The number of fused-ring (bicyclic) bond motifs is 1. The molecule has 1 nitrogen and oxygen atoms in total. The number of pyridine rings is 1. The third-order valence-electron chi connectivity index (χ3n) is 2.59. The van der Waals surface area contributed by atoms with Crippen molar-refractivity contribution in [2.45, 2.75) is 27.2 Å². The lowest BCUT2D eigenvalue weighted by atomic mass is 10.0. The molecule has 13 heavy (non-hydrogen) atoms. The third-order valence-corrected chi connectivity index (χ3v) is 2.59. The average molecular weight is 173 g/mol. The molecule has 0 aliphatic heterocycles. The SMILES string of the molecule is Cc1cnc2c(c1)C=C(C(C)C)C2. The molecule has 1 aliphatic carbocycles. The van der Waals surface area contributed by atoms with Crippen molar-refractivity contribution in [3.05, 3.63) is 34.7 Å². The van der Waals surface area contributed by atoms with Gasteiger partial charge in [0.15, 0.2) is 0 Å². The summed E-state index contributed by atoms with van der Waals surface area (Å²) in [5.74, 6) is 0.648. The molecule has 0 atom stereocenters. The van der Waals surface area contributed by atoms with Crippen molar-refractivity contribution in [3.63, 3.8) is 0 Å². The summed E-state index contributed by atoms with van der Waals surface area (Å²) in [6.45, 7) is 6.57. The molecule has 1 heterocycles. The molecular weight excluding hydrogens is 158 g/mol. The van der Waals surface area contributed by atoms with Crippen LogP contribution in [-0.2, 0) is 6.42 Å². The highest BCUT2D eigenvalue weighted by Crippen LogP contribution is 2.28. The highest BCUT2D eigenvalue weighted by Gasteiger charge is 2.15. The van der Waals surface area contributed by atoms with Crippen LogP contribution in [0.5, 0.6) is 0 Å². The van der Waals surface area contributed by atoms with Crippen LogP contribution in [0.4, 0.5) is 0 Å². The summed E-state index contributed by atoms with van der Waals surface area (Å²) in [6.07, 6.45) is 5.29. The van der Waals surface area contributed by atoms with Crippen LogP contribution in [0.1, 0.15) is 30.7 Å². The number of hydrogen-bond acceptors (Lipinski definition) is 1. The van der Waals surface area contributed by atoms with E-state index in [9.17, 15) is 0 Å². The molecule has 0 amide bonds. The van der Waals surface area contributed by atoms with Crippen molar-refractivity contribution in [2.75, 3.05) is 0 Å². The predicted octanol–water partition coefficient (Wildman–Crippen LogP) is 2.99. The van der Waals surface area contributed by atoms with Crippen LogP contribution in [0.3, 0.4) is 0 Å². The van der Waals surface area contributed by atoms with Gasteiger partial charge in [-0.1, -0.05) is 25.5 Å². The molecule has 0 saturated carbocycles. The van der Waals surface area contributed by atoms with Crippen molar-refractivity contribution >= 4 is 6.08 Å². The minimum absolute atomic E-state index is 0.648. The fraction of sp³-hybridized carbons (Fsp3) is 0.417. The molecule has 1 aromatic heterocycles. The second kappa shape index (κ2) is 2.99. The van der Waals surface area contributed by atoms with E-state index in [4.69, 9.17) is 0 Å². The van der Waals surface area contributed by atoms with Gasteiger partial charge in [-0.05, 0) is 30.0 Å². The first-order chi connectivity index (χ1) is 6.16. The minimum Gasteiger partial charge on any atom is -0.260 e. The topological polar surface area (TPSA) is 12.9 Å². The van der Waals surface area contributed by atoms with Gasteiger partial charge in [-0.2, -0.15) is 0 Å². The maximum atomic E-state index is 4.44. The van der Waals surface area contributed by atoms with Gasteiger partial charge in [-0.25, -0.2) is 0 Å². The van der Waals surface area contributed by atoms with E-state index >= 15 is 0 Å². The number of aromatic nitrogens is 1. The van der Waals surface area contributed by atoms with E-state index in [2.05, 4.69) is 37.9 Å². The Balaban J connectivity index is 2.38. The van der Waals surface area contributed by atoms with E-state index in [0.29, 0.717) is 5.92 Å². The van der Waals surface area contributed by atoms with E-state index in [0.717, 1.165) is 6.42 Å². The van der Waals surface area contributed by atoms with Gasteiger partial charge in [0.05, 0.1) is 5.69 Å². The summed E-state index contributed by atoms with van der Waals surface area (Å²) >= 11 is 0. The van der Waals surface area contributed by atoms with E-state index < -0.39 is 0 Å². The van der Waals surface area contributed by atoms with Crippen LogP contribution in [-0.4, -0.2) is 4.98 Å². The lowest BCUT2D eigenvalue weighted by Crippen LogP contribution is -1.94. The maximum Gasteiger partial charge on any atom is 0.0516 e. The molecule has 2 rings (SSSR count). The zero-order valence-corrected chi connectivity index (χ0v) is 8.46. The van der Waals surface area contributed by atoms with E-state index in [1.807, 2.05) is 6.20 Å². The number of allylic oxidation sites excluding steroid dienone is 1. The first kappa shape index (κ1) is 8.49. The smallest absolute Gasteiger partial charge is 0.0516 e. The highest BCUT2D eigenvalue weighted by atomic mass is 14.7. The Morgan fingerprint density at radius 1 is 1.38 bits per heavy atom. The lowest BCUT2D eigenvalue weighted by Gasteiger charge is -2.03. The largest absolute Gasteiger partial charge is 0.260 e. The Labute approximate surface area is 79.5 Å². The van der Waals surface area contributed by atoms with Crippen molar-refractivity contribution in [2.24, 2.45) is 5.92 Å². The first-order valence-corrected chi connectivity index (χ1v) is 4.83. The molecule has 1 aliphatic rings. The van der Waals surface area contributed by atoms with Gasteiger partial charge in [0.25, 0.3) is 0 Å². The number of nitrogens with zero attached hydrogens (tertiary/aromatic N) is 1. The zero-order chi connectivity index (χ0) is 9.42. The van der Waals surface area contributed by atoms with Gasteiger partial charge in [-0.15, -0.1) is 0 Å². The normalized spacial score (nSPS) is 14.6. The van der Waals surface area contributed by atoms with E-state index in [-0.39, 0.29) is 0 Å². The minimum atomic E-state index is 0.648. The van der Waals surface area contributed by atoms with Gasteiger partial charge >= 0.3 is 0 Å². The molecule has 0 N–H and O–H groups in total. The third kappa shape index (κ3) is 1.51. The molecule has 0 bridgehead atoms. The standard InChI is InChI=1S/C12H15N/c1-8(2)10-5-11-4-9(3)7-13-12(11)6-10/h4-5,7-8H,6H2,1-3H3. The van der Waals surface area contributed by atoms with Crippen LogP contribution >= 0.6 is 0 Å². The van der Waals surface area contributed by atoms with Crippen molar-refractivity contribution in [3.8, 4) is 0 Å². The van der Waals surface area contributed by atoms with Crippen molar-refractivity contribution in [1.82, 2.24) is 4.98 Å². The molecule has 0 unspecified atom stereocenters. The number of hydrogen-bond donors (Lipinski definition) is 0. The van der Waals surface area contributed by atoms with Crippen LogP contribution < -0.4 is 0 Å². The van der Waals surface area contributed by atoms with Crippen LogP contribution in [0, 0.1) is 12.8 Å². The second-order valence-electron chi connectivity index (χ2n) is 4.10. The first-order valence-electron chi connectivity index (χ1n) is 4.83. The summed E-state index contributed by atoms with van der Waals surface area (Å²) in [6, 6.07) is 2.22. The predicted molar refractivity (Wildman–Crippen MR) is 55.5 cm³/mol. The van der Waals surface area contributed by atoms with E-state index in [1.54, 1.807) is 0 Å². The molecule has 1 heteroatoms. The number of rotatable bonds is 1. The van der Waals surface area contributed by atoms with Gasteiger partial charge in [-0.3, -0.25) is 4.98 Å². The van der Waals surface area contributed by atoms with Gasteiger partial charge < -0.3 is 0 Å². The number of aryl methyl sites for hydroxylation is 1. The quantitative estimate of drug-likeness (QED) is 0.636. The highest BCUT2D eigenvalue weighted by molar-refractivity contribution is 5.62. The Bertz CT molecular complexity index is 361. The van der Waals surface area contributed by atoms with Gasteiger partial charge in [0.2, 0.25) is 0 Å². The fourth-order valence-corrected chi connectivity index (χ4v) is 1.71. The Morgan fingerprint density at radius 3 is 2.85 bits per heavy atom. The lowest BCUT2D eigenvalue weighted by molar-refractivity contribution is 0.750.